The number of carbonyl (C=O) groups excluding carboxylic acids is 1. The highest BCUT2D eigenvalue weighted by Crippen LogP contribution is 2.26. The van der Waals surface area contributed by atoms with Gasteiger partial charge in [-0.05, 0) is 31.5 Å². The highest BCUT2D eigenvalue weighted by Gasteiger charge is 2.28. The molecule has 1 aromatic carbocycles. The summed E-state index contributed by atoms with van der Waals surface area (Å²) < 4.78 is 18.4. The molecule has 4 nitrogen and oxygen atoms in total. The molecule has 104 valence electrons. The highest BCUT2D eigenvalue weighted by atomic mass is 35.5. The van der Waals surface area contributed by atoms with Gasteiger partial charge in [-0.1, -0.05) is 11.6 Å². The van der Waals surface area contributed by atoms with Crippen LogP contribution < -0.4 is 10.5 Å². The molecule has 2 atom stereocenters. The van der Waals surface area contributed by atoms with Gasteiger partial charge in [0.05, 0.1) is 5.02 Å². The van der Waals surface area contributed by atoms with Gasteiger partial charge in [-0.15, -0.1) is 0 Å². The molecule has 0 radical (unpaired) electrons. The molecule has 19 heavy (non-hydrogen) atoms. The van der Waals surface area contributed by atoms with E-state index in [0.717, 1.165) is 12.5 Å². The molecule has 1 saturated heterocycles. The molecule has 1 aromatic rings. The third-order valence-electron chi connectivity index (χ3n) is 3.08. The van der Waals surface area contributed by atoms with Crippen molar-refractivity contribution in [1.82, 2.24) is 4.90 Å². The summed E-state index contributed by atoms with van der Waals surface area (Å²) in [5, 5.41) is 0.151. The SMILES string of the molecule is C[C@H](Oc1ccc(F)cc1Cl)C(=O)N1CC[C@@H](N)C1. The number of likely N-dealkylation sites (tertiary alicyclic amines) is 1. The van der Waals surface area contributed by atoms with E-state index in [0.29, 0.717) is 18.8 Å². The lowest BCUT2D eigenvalue weighted by Gasteiger charge is -2.21. The van der Waals surface area contributed by atoms with Crippen molar-refractivity contribution in [3.63, 3.8) is 0 Å². The molecule has 1 fully saturated rings. The summed E-state index contributed by atoms with van der Waals surface area (Å²) in [6.45, 7) is 2.83. The monoisotopic (exact) mass is 286 g/mol. The fraction of sp³-hybridized carbons (Fsp3) is 0.462. The number of amides is 1. The predicted molar refractivity (Wildman–Crippen MR) is 70.7 cm³/mol. The molecule has 2 N–H and O–H groups in total. The number of benzene rings is 1. The minimum atomic E-state index is -0.673. The molecule has 0 spiro atoms. The van der Waals surface area contributed by atoms with Crippen molar-refractivity contribution >= 4 is 17.5 Å². The van der Waals surface area contributed by atoms with E-state index in [1.807, 2.05) is 0 Å². The number of ether oxygens (including phenoxy) is 1. The van der Waals surface area contributed by atoms with Crippen molar-refractivity contribution in [2.75, 3.05) is 13.1 Å². The Kier molecular flexibility index (Phi) is 4.27. The van der Waals surface area contributed by atoms with E-state index in [-0.39, 0.29) is 17.0 Å². The van der Waals surface area contributed by atoms with E-state index in [1.54, 1.807) is 11.8 Å². The first-order valence-corrected chi connectivity index (χ1v) is 6.51. The van der Waals surface area contributed by atoms with Crippen LogP contribution in [-0.2, 0) is 4.79 Å². The van der Waals surface area contributed by atoms with Crippen LogP contribution in [0.3, 0.4) is 0 Å². The Labute approximate surface area is 116 Å². The topological polar surface area (TPSA) is 55.6 Å². The van der Waals surface area contributed by atoms with E-state index in [4.69, 9.17) is 22.1 Å². The van der Waals surface area contributed by atoms with Crippen LogP contribution >= 0.6 is 11.6 Å². The number of carbonyl (C=O) groups is 1. The van der Waals surface area contributed by atoms with E-state index >= 15 is 0 Å². The van der Waals surface area contributed by atoms with Crippen LogP contribution in [0.15, 0.2) is 18.2 Å². The van der Waals surface area contributed by atoms with E-state index in [2.05, 4.69) is 0 Å². The molecule has 1 amide bonds. The molecular formula is C13H16ClFN2O2. The van der Waals surface area contributed by atoms with Crippen LogP contribution in [0.4, 0.5) is 4.39 Å². The third kappa shape index (κ3) is 3.36. The largest absolute Gasteiger partial charge is 0.479 e. The first-order valence-electron chi connectivity index (χ1n) is 6.13. The molecule has 2 rings (SSSR count). The maximum Gasteiger partial charge on any atom is 0.263 e. The summed E-state index contributed by atoms with van der Waals surface area (Å²) in [4.78, 5) is 13.8. The maximum atomic E-state index is 12.9. The molecule has 0 unspecified atom stereocenters. The molecule has 0 aliphatic carbocycles. The zero-order valence-corrected chi connectivity index (χ0v) is 11.4. The maximum absolute atomic E-state index is 12.9. The number of rotatable bonds is 3. The van der Waals surface area contributed by atoms with Gasteiger partial charge in [0.15, 0.2) is 6.10 Å². The first-order chi connectivity index (χ1) is 8.97. The molecule has 6 heteroatoms. The van der Waals surface area contributed by atoms with Crippen LogP contribution in [0.2, 0.25) is 5.02 Å². The molecule has 1 aliphatic heterocycles. The van der Waals surface area contributed by atoms with Gasteiger partial charge in [-0.2, -0.15) is 0 Å². The molecule has 0 saturated carbocycles. The van der Waals surface area contributed by atoms with Crippen LogP contribution in [-0.4, -0.2) is 36.0 Å². The number of nitrogens with zero attached hydrogens (tertiary/aromatic N) is 1. The number of nitrogens with two attached hydrogens (primary N) is 1. The van der Waals surface area contributed by atoms with Gasteiger partial charge in [0.2, 0.25) is 0 Å². The summed E-state index contributed by atoms with van der Waals surface area (Å²) >= 11 is 5.85. The first kappa shape index (κ1) is 14.1. The lowest BCUT2D eigenvalue weighted by molar-refractivity contribution is -0.136. The predicted octanol–water partition coefficient (Wildman–Crippen LogP) is 1.81. The van der Waals surface area contributed by atoms with Gasteiger partial charge < -0.3 is 15.4 Å². The highest BCUT2D eigenvalue weighted by molar-refractivity contribution is 6.32. The van der Waals surface area contributed by atoms with E-state index < -0.39 is 11.9 Å². The molecule has 0 bridgehead atoms. The second kappa shape index (κ2) is 5.75. The fourth-order valence-electron chi connectivity index (χ4n) is 2.06. The van der Waals surface area contributed by atoms with Crippen molar-refractivity contribution in [2.24, 2.45) is 5.73 Å². The van der Waals surface area contributed by atoms with Gasteiger partial charge in [0.1, 0.15) is 11.6 Å². The minimum Gasteiger partial charge on any atom is -0.479 e. The summed E-state index contributed by atoms with van der Waals surface area (Å²) in [7, 11) is 0. The van der Waals surface area contributed by atoms with E-state index in [1.165, 1.54) is 12.1 Å². The van der Waals surface area contributed by atoms with Crippen LogP contribution in [0.5, 0.6) is 5.75 Å². The Morgan fingerprint density at radius 3 is 2.95 bits per heavy atom. The molecular weight excluding hydrogens is 271 g/mol. The Hall–Kier alpha value is -1.33. The third-order valence-corrected chi connectivity index (χ3v) is 3.38. The zero-order valence-electron chi connectivity index (χ0n) is 10.6. The molecule has 0 aromatic heterocycles. The Bertz CT molecular complexity index is 484. The summed E-state index contributed by atoms with van der Waals surface area (Å²) in [5.41, 5.74) is 5.76. The summed E-state index contributed by atoms with van der Waals surface area (Å²) in [5.74, 6) is -0.275. The summed E-state index contributed by atoms with van der Waals surface area (Å²) in [6.07, 6.45) is 0.128. The Morgan fingerprint density at radius 1 is 1.63 bits per heavy atom. The minimum absolute atomic E-state index is 0.0329. The Balaban J connectivity index is 2.00. The molecule has 1 aliphatic rings. The average Bonchev–Trinajstić information content (AvgIpc) is 2.78. The van der Waals surface area contributed by atoms with Crippen LogP contribution in [0, 0.1) is 5.82 Å². The van der Waals surface area contributed by atoms with Crippen molar-refractivity contribution in [3.8, 4) is 5.75 Å². The zero-order chi connectivity index (χ0) is 14.0. The van der Waals surface area contributed by atoms with Crippen molar-refractivity contribution in [2.45, 2.75) is 25.5 Å². The van der Waals surface area contributed by atoms with Crippen molar-refractivity contribution in [3.05, 3.63) is 29.0 Å². The van der Waals surface area contributed by atoms with Gasteiger partial charge in [-0.25, -0.2) is 4.39 Å². The number of hydrogen-bond donors (Lipinski definition) is 1. The lowest BCUT2D eigenvalue weighted by atomic mass is 10.3. The van der Waals surface area contributed by atoms with Gasteiger partial charge in [0, 0.05) is 19.1 Å². The van der Waals surface area contributed by atoms with Crippen molar-refractivity contribution < 1.29 is 13.9 Å². The molecule has 1 heterocycles. The van der Waals surface area contributed by atoms with Crippen LogP contribution in [0.1, 0.15) is 13.3 Å². The fourth-order valence-corrected chi connectivity index (χ4v) is 2.27. The van der Waals surface area contributed by atoms with Gasteiger partial charge in [-0.3, -0.25) is 4.79 Å². The van der Waals surface area contributed by atoms with Gasteiger partial charge in [0.25, 0.3) is 5.91 Å². The Morgan fingerprint density at radius 2 is 2.37 bits per heavy atom. The second-order valence-electron chi connectivity index (χ2n) is 4.67. The smallest absolute Gasteiger partial charge is 0.263 e. The second-order valence-corrected chi connectivity index (χ2v) is 5.08. The normalized spacial score (nSPS) is 20.4. The van der Waals surface area contributed by atoms with Gasteiger partial charge >= 0.3 is 0 Å². The quantitative estimate of drug-likeness (QED) is 0.922. The van der Waals surface area contributed by atoms with E-state index in [9.17, 15) is 9.18 Å². The number of hydrogen-bond acceptors (Lipinski definition) is 3. The standard InChI is InChI=1S/C13H16ClFN2O2/c1-8(13(18)17-5-4-10(16)7-17)19-12-3-2-9(15)6-11(12)14/h2-3,6,8,10H,4-5,7,16H2,1H3/t8-,10+/m0/s1. The number of halogens is 2. The van der Waals surface area contributed by atoms with Crippen molar-refractivity contribution in [1.29, 1.82) is 0 Å². The van der Waals surface area contributed by atoms with Crippen LogP contribution in [0.25, 0.3) is 0 Å². The average molecular weight is 287 g/mol. The summed E-state index contributed by atoms with van der Waals surface area (Å²) in [6, 6.07) is 3.84. The lowest BCUT2D eigenvalue weighted by Crippen LogP contribution is -2.40.